The summed E-state index contributed by atoms with van der Waals surface area (Å²) in [5.41, 5.74) is -0.00930. The van der Waals surface area contributed by atoms with Gasteiger partial charge in [-0.1, -0.05) is 29.8 Å². The monoisotopic (exact) mass is 356 g/mol. The fourth-order valence-corrected chi connectivity index (χ4v) is 2.59. The van der Waals surface area contributed by atoms with Gasteiger partial charge in [0.25, 0.3) is 11.5 Å². The highest BCUT2D eigenvalue weighted by Gasteiger charge is 2.14. The van der Waals surface area contributed by atoms with Gasteiger partial charge in [-0.3, -0.25) is 9.59 Å². The van der Waals surface area contributed by atoms with Gasteiger partial charge in [0.05, 0.1) is 6.54 Å². The van der Waals surface area contributed by atoms with Crippen molar-refractivity contribution < 1.29 is 9.53 Å². The van der Waals surface area contributed by atoms with Crippen molar-refractivity contribution in [2.45, 2.75) is 0 Å². The van der Waals surface area contributed by atoms with E-state index in [2.05, 4.69) is 4.98 Å². The number of aromatic nitrogens is 1. The molecule has 1 aromatic heterocycles. The second-order valence-electron chi connectivity index (χ2n) is 5.63. The normalized spacial score (nSPS) is 10.6. The number of ether oxygens (including phenoxy) is 1. The predicted molar refractivity (Wildman–Crippen MR) is 98.5 cm³/mol. The van der Waals surface area contributed by atoms with Crippen LogP contribution in [0.5, 0.6) is 5.75 Å². The van der Waals surface area contributed by atoms with Gasteiger partial charge >= 0.3 is 0 Å². The van der Waals surface area contributed by atoms with Crippen LogP contribution >= 0.6 is 11.6 Å². The number of carbonyl (C=O) groups excluding carboxylic acids is 1. The second-order valence-corrected chi connectivity index (χ2v) is 6.06. The number of amides is 1. The van der Waals surface area contributed by atoms with Gasteiger partial charge in [-0.15, -0.1) is 0 Å². The molecule has 3 rings (SSSR count). The van der Waals surface area contributed by atoms with E-state index >= 15 is 0 Å². The van der Waals surface area contributed by atoms with Crippen molar-refractivity contribution in [2.24, 2.45) is 0 Å². The Morgan fingerprint density at radius 3 is 2.64 bits per heavy atom. The van der Waals surface area contributed by atoms with Crippen LogP contribution in [-0.2, 0) is 0 Å². The average molecular weight is 357 g/mol. The fraction of sp³-hybridized carbons (Fsp3) is 0.158. The molecule has 6 heteroatoms. The molecule has 0 fully saturated rings. The predicted octanol–water partition coefficient (Wildman–Crippen LogP) is 3.33. The highest BCUT2D eigenvalue weighted by Crippen LogP contribution is 2.15. The van der Waals surface area contributed by atoms with Crippen molar-refractivity contribution in [1.82, 2.24) is 9.88 Å². The van der Waals surface area contributed by atoms with Crippen LogP contribution in [-0.4, -0.2) is 36.0 Å². The van der Waals surface area contributed by atoms with E-state index < -0.39 is 0 Å². The Morgan fingerprint density at radius 1 is 1.16 bits per heavy atom. The van der Waals surface area contributed by atoms with Crippen LogP contribution in [0.1, 0.15) is 10.5 Å². The molecule has 5 nitrogen and oxygen atoms in total. The minimum absolute atomic E-state index is 0.262. The molecular weight excluding hydrogens is 340 g/mol. The molecule has 0 unspecified atom stereocenters. The quantitative estimate of drug-likeness (QED) is 0.762. The number of pyridine rings is 1. The summed E-state index contributed by atoms with van der Waals surface area (Å²) in [7, 11) is 1.67. The third-order valence-corrected chi connectivity index (χ3v) is 4.09. The van der Waals surface area contributed by atoms with Crippen LogP contribution in [0, 0.1) is 0 Å². The third-order valence-electron chi connectivity index (χ3n) is 3.84. The number of rotatable bonds is 5. The number of fused-ring (bicyclic) bond motifs is 1. The highest BCUT2D eigenvalue weighted by atomic mass is 35.5. The van der Waals surface area contributed by atoms with Gasteiger partial charge in [0.1, 0.15) is 18.1 Å². The molecule has 0 aliphatic heterocycles. The lowest BCUT2D eigenvalue weighted by Gasteiger charge is -2.17. The lowest BCUT2D eigenvalue weighted by Crippen LogP contribution is -2.32. The summed E-state index contributed by atoms with van der Waals surface area (Å²) in [6.45, 7) is 0.720. The number of hydrogen-bond donors (Lipinski definition) is 1. The van der Waals surface area contributed by atoms with Crippen molar-refractivity contribution in [1.29, 1.82) is 0 Å². The van der Waals surface area contributed by atoms with E-state index in [-0.39, 0.29) is 17.2 Å². The maximum absolute atomic E-state index is 12.5. The minimum atomic E-state index is -0.271. The molecule has 2 aromatic carbocycles. The van der Waals surface area contributed by atoms with Gasteiger partial charge in [0.15, 0.2) is 0 Å². The first-order valence-corrected chi connectivity index (χ1v) is 8.18. The minimum Gasteiger partial charge on any atom is -0.492 e. The van der Waals surface area contributed by atoms with E-state index in [0.717, 1.165) is 5.39 Å². The highest BCUT2D eigenvalue weighted by molar-refractivity contribution is 6.30. The number of likely N-dealkylation sites (N-methyl/N-ethyl adjacent to an activating group) is 1. The Hall–Kier alpha value is -2.79. The Balaban J connectivity index is 1.66. The lowest BCUT2D eigenvalue weighted by molar-refractivity contribution is 0.0768. The first-order chi connectivity index (χ1) is 12.0. The Morgan fingerprint density at radius 2 is 1.88 bits per heavy atom. The summed E-state index contributed by atoms with van der Waals surface area (Å²) in [6.07, 6.45) is 0. The Labute approximate surface area is 149 Å². The molecule has 0 saturated heterocycles. The molecule has 0 bridgehead atoms. The SMILES string of the molecule is CN(CCOc1ccc(Cl)cc1)C(=O)c1cc2ccccc2c(=O)[nH]1. The van der Waals surface area contributed by atoms with Crippen molar-refractivity contribution >= 4 is 28.3 Å². The summed E-state index contributed by atoms with van der Waals surface area (Å²) in [5.74, 6) is 0.423. The summed E-state index contributed by atoms with van der Waals surface area (Å²) in [6, 6.07) is 15.9. The van der Waals surface area contributed by atoms with Gasteiger partial charge in [-0.2, -0.15) is 0 Å². The topological polar surface area (TPSA) is 62.4 Å². The molecule has 0 aliphatic rings. The molecule has 0 saturated carbocycles. The number of nitrogens with zero attached hydrogens (tertiary/aromatic N) is 1. The maximum Gasteiger partial charge on any atom is 0.270 e. The van der Waals surface area contributed by atoms with E-state index in [1.807, 2.05) is 12.1 Å². The van der Waals surface area contributed by atoms with Crippen molar-refractivity contribution in [3.8, 4) is 5.75 Å². The first-order valence-electron chi connectivity index (χ1n) is 7.80. The first kappa shape index (κ1) is 17.0. The molecule has 0 spiro atoms. The molecular formula is C19H17ClN2O3. The van der Waals surface area contributed by atoms with E-state index in [9.17, 15) is 9.59 Å². The number of carbonyl (C=O) groups is 1. The molecule has 1 heterocycles. The van der Waals surface area contributed by atoms with Gasteiger partial charge in [-0.25, -0.2) is 0 Å². The average Bonchev–Trinajstić information content (AvgIpc) is 2.62. The Kier molecular flexibility index (Phi) is 5.05. The smallest absolute Gasteiger partial charge is 0.270 e. The van der Waals surface area contributed by atoms with Crippen LogP contribution in [0.15, 0.2) is 59.4 Å². The zero-order valence-corrected chi connectivity index (χ0v) is 14.4. The number of aromatic amines is 1. The van der Waals surface area contributed by atoms with Gasteiger partial charge in [-0.05, 0) is 41.8 Å². The zero-order valence-electron chi connectivity index (χ0n) is 13.7. The van der Waals surface area contributed by atoms with Crippen molar-refractivity contribution in [3.63, 3.8) is 0 Å². The Bertz CT molecular complexity index is 951. The largest absolute Gasteiger partial charge is 0.492 e. The molecule has 128 valence electrons. The molecule has 0 radical (unpaired) electrons. The van der Waals surface area contributed by atoms with E-state index in [0.29, 0.717) is 29.3 Å². The van der Waals surface area contributed by atoms with E-state index in [1.54, 1.807) is 49.5 Å². The van der Waals surface area contributed by atoms with Crippen LogP contribution in [0.4, 0.5) is 0 Å². The molecule has 25 heavy (non-hydrogen) atoms. The number of H-pyrrole nitrogens is 1. The van der Waals surface area contributed by atoms with Crippen LogP contribution in [0.3, 0.4) is 0 Å². The maximum atomic E-state index is 12.5. The summed E-state index contributed by atoms with van der Waals surface area (Å²) >= 11 is 5.82. The van der Waals surface area contributed by atoms with Crippen LogP contribution in [0.2, 0.25) is 5.02 Å². The lowest BCUT2D eigenvalue weighted by atomic mass is 10.1. The molecule has 0 aliphatic carbocycles. The van der Waals surface area contributed by atoms with Crippen molar-refractivity contribution in [2.75, 3.05) is 20.2 Å². The number of benzene rings is 2. The summed E-state index contributed by atoms with van der Waals surface area (Å²) in [4.78, 5) is 28.8. The summed E-state index contributed by atoms with van der Waals surface area (Å²) < 4.78 is 5.59. The van der Waals surface area contributed by atoms with Gasteiger partial charge < -0.3 is 14.6 Å². The van der Waals surface area contributed by atoms with E-state index in [1.165, 1.54) is 4.90 Å². The number of hydrogen-bond acceptors (Lipinski definition) is 3. The van der Waals surface area contributed by atoms with E-state index in [4.69, 9.17) is 16.3 Å². The molecule has 1 amide bonds. The van der Waals surface area contributed by atoms with Crippen LogP contribution in [0.25, 0.3) is 10.8 Å². The molecule has 1 N–H and O–H groups in total. The van der Waals surface area contributed by atoms with Crippen LogP contribution < -0.4 is 10.3 Å². The summed E-state index contributed by atoms with van der Waals surface area (Å²) in [5, 5.41) is 1.94. The number of halogens is 1. The molecule has 3 aromatic rings. The standard InChI is InChI=1S/C19H17ClN2O3/c1-22(10-11-25-15-8-6-14(20)7-9-15)19(24)17-12-13-4-2-3-5-16(13)18(23)21-17/h2-9,12H,10-11H2,1H3,(H,21,23). The fourth-order valence-electron chi connectivity index (χ4n) is 2.46. The second kappa shape index (κ2) is 7.40. The molecule has 0 atom stereocenters. The number of nitrogens with one attached hydrogen (secondary N) is 1. The van der Waals surface area contributed by atoms with Gasteiger partial charge in [0, 0.05) is 17.5 Å². The zero-order chi connectivity index (χ0) is 17.8. The van der Waals surface area contributed by atoms with Crippen molar-refractivity contribution in [3.05, 3.63) is 75.7 Å². The van der Waals surface area contributed by atoms with Gasteiger partial charge in [0.2, 0.25) is 0 Å². The third kappa shape index (κ3) is 4.00.